The lowest BCUT2D eigenvalue weighted by Gasteiger charge is -1.99. The van der Waals surface area contributed by atoms with Gasteiger partial charge >= 0.3 is 0 Å². The summed E-state index contributed by atoms with van der Waals surface area (Å²) in [5, 5.41) is 8.54. The number of aliphatic hydroxyl groups excluding tert-OH is 1. The van der Waals surface area contributed by atoms with Crippen LogP contribution in [0.4, 0.5) is 0 Å². The number of rotatable bonds is 2. The van der Waals surface area contributed by atoms with Crippen LogP contribution in [0.15, 0.2) is 0 Å². The molecule has 48 valence electrons. The third-order valence-corrected chi connectivity index (χ3v) is 0.642. The number of hydrogen-bond acceptors (Lipinski definition) is 3. The van der Waals surface area contributed by atoms with Gasteiger partial charge in [-0.15, -0.1) is 0 Å². The third kappa shape index (κ3) is 3.58. The van der Waals surface area contributed by atoms with E-state index in [1.54, 1.807) is 0 Å². The molecule has 0 bridgehead atoms. The maximum atomic E-state index is 10.2. The van der Waals surface area contributed by atoms with Gasteiger partial charge in [0.2, 0.25) is 5.91 Å². The van der Waals surface area contributed by atoms with Crippen molar-refractivity contribution in [2.24, 2.45) is 5.84 Å². The molecule has 0 heterocycles. The summed E-state index contributed by atoms with van der Waals surface area (Å²) in [5.74, 6) is 4.36. The van der Waals surface area contributed by atoms with Crippen LogP contribution in [0, 0.1) is 0 Å². The van der Waals surface area contributed by atoms with Gasteiger partial charge in [-0.2, -0.15) is 0 Å². The zero-order valence-corrected chi connectivity index (χ0v) is 4.72. The van der Waals surface area contributed by atoms with Gasteiger partial charge in [-0.05, 0) is 6.92 Å². The molecule has 0 aromatic carbocycles. The van der Waals surface area contributed by atoms with E-state index in [1.165, 1.54) is 6.92 Å². The molecule has 0 radical (unpaired) electrons. The van der Waals surface area contributed by atoms with Crippen LogP contribution < -0.4 is 11.3 Å². The summed E-state index contributed by atoms with van der Waals surface area (Å²) in [6, 6.07) is 0. The quantitative estimate of drug-likeness (QED) is 0.241. The first-order valence-electron chi connectivity index (χ1n) is 2.34. The number of hydrogen-bond donors (Lipinski definition) is 3. The van der Waals surface area contributed by atoms with Crippen LogP contribution >= 0.6 is 0 Å². The lowest BCUT2D eigenvalue weighted by atomic mass is 10.3. The SMILES string of the molecule is C[C@@H](O)CC(=O)NN. The minimum atomic E-state index is -0.612. The minimum absolute atomic E-state index is 0.0660. The van der Waals surface area contributed by atoms with Crippen molar-refractivity contribution in [1.82, 2.24) is 5.43 Å². The van der Waals surface area contributed by atoms with Gasteiger partial charge in [0.25, 0.3) is 0 Å². The number of aliphatic hydroxyl groups is 1. The van der Waals surface area contributed by atoms with Crippen molar-refractivity contribution in [3.63, 3.8) is 0 Å². The molecule has 0 saturated heterocycles. The Labute approximate surface area is 47.6 Å². The predicted octanol–water partition coefficient (Wildman–Crippen LogP) is -1.25. The number of nitrogens with two attached hydrogens (primary N) is 1. The van der Waals surface area contributed by atoms with Crippen LogP contribution in [0.3, 0.4) is 0 Å². The van der Waals surface area contributed by atoms with E-state index in [1.807, 2.05) is 5.43 Å². The fraction of sp³-hybridized carbons (Fsp3) is 0.750. The zero-order chi connectivity index (χ0) is 6.57. The highest BCUT2D eigenvalue weighted by Gasteiger charge is 2.01. The number of hydrazine groups is 1. The van der Waals surface area contributed by atoms with Crippen LogP contribution in [0.25, 0.3) is 0 Å². The van der Waals surface area contributed by atoms with Gasteiger partial charge in [0.05, 0.1) is 12.5 Å². The Bertz CT molecular complexity index is 82.1. The van der Waals surface area contributed by atoms with Gasteiger partial charge in [-0.25, -0.2) is 5.84 Å². The highest BCUT2D eigenvalue weighted by molar-refractivity contribution is 5.75. The van der Waals surface area contributed by atoms with Crippen molar-refractivity contribution in [2.45, 2.75) is 19.4 Å². The summed E-state index contributed by atoms with van der Waals surface area (Å²) in [4.78, 5) is 10.2. The van der Waals surface area contributed by atoms with Crippen LogP contribution in [-0.4, -0.2) is 17.1 Å². The van der Waals surface area contributed by atoms with E-state index in [-0.39, 0.29) is 12.3 Å². The van der Waals surface area contributed by atoms with Crippen molar-refractivity contribution in [3.05, 3.63) is 0 Å². The Morgan fingerprint density at radius 1 is 2.00 bits per heavy atom. The van der Waals surface area contributed by atoms with Crippen molar-refractivity contribution < 1.29 is 9.90 Å². The first-order chi connectivity index (χ1) is 3.66. The Kier molecular flexibility index (Phi) is 3.14. The molecule has 0 unspecified atom stereocenters. The number of carbonyl (C=O) groups excluding carboxylic acids is 1. The molecular formula is C4H10N2O2. The van der Waals surface area contributed by atoms with Gasteiger partial charge < -0.3 is 5.11 Å². The van der Waals surface area contributed by atoms with Gasteiger partial charge in [0.15, 0.2) is 0 Å². The molecule has 0 rings (SSSR count). The Morgan fingerprint density at radius 3 is 2.62 bits per heavy atom. The molecule has 0 aliphatic heterocycles. The Morgan fingerprint density at radius 2 is 2.50 bits per heavy atom. The summed E-state index contributed by atoms with van der Waals surface area (Å²) < 4.78 is 0. The smallest absolute Gasteiger partial charge is 0.236 e. The van der Waals surface area contributed by atoms with Crippen LogP contribution in [-0.2, 0) is 4.79 Å². The van der Waals surface area contributed by atoms with Crippen LogP contribution in [0.5, 0.6) is 0 Å². The van der Waals surface area contributed by atoms with E-state index in [9.17, 15) is 4.79 Å². The number of carbonyl (C=O) groups is 1. The molecule has 0 aromatic rings. The van der Waals surface area contributed by atoms with Crippen LogP contribution in [0.2, 0.25) is 0 Å². The molecule has 4 heteroatoms. The third-order valence-electron chi connectivity index (χ3n) is 0.642. The number of amides is 1. The monoisotopic (exact) mass is 118 g/mol. The fourth-order valence-corrected chi connectivity index (χ4v) is 0.327. The first-order valence-corrected chi connectivity index (χ1v) is 2.34. The molecule has 0 spiro atoms. The lowest BCUT2D eigenvalue weighted by molar-refractivity contribution is -0.122. The highest BCUT2D eigenvalue weighted by atomic mass is 16.3. The maximum absolute atomic E-state index is 10.2. The van der Waals surface area contributed by atoms with E-state index in [4.69, 9.17) is 10.9 Å². The molecule has 0 fully saturated rings. The molecule has 1 amide bonds. The molecule has 0 aliphatic carbocycles. The van der Waals surface area contributed by atoms with Gasteiger partial charge in [0.1, 0.15) is 0 Å². The predicted molar refractivity (Wildman–Crippen MR) is 28.6 cm³/mol. The van der Waals surface area contributed by atoms with E-state index < -0.39 is 6.10 Å². The lowest BCUT2D eigenvalue weighted by Crippen LogP contribution is -2.32. The molecule has 0 aromatic heterocycles. The second-order valence-electron chi connectivity index (χ2n) is 1.62. The van der Waals surface area contributed by atoms with Gasteiger partial charge in [-0.1, -0.05) is 0 Å². The van der Waals surface area contributed by atoms with E-state index in [0.717, 1.165) is 0 Å². The van der Waals surface area contributed by atoms with Crippen molar-refractivity contribution in [1.29, 1.82) is 0 Å². The summed E-state index contributed by atoms with van der Waals surface area (Å²) >= 11 is 0. The van der Waals surface area contributed by atoms with E-state index >= 15 is 0 Å². The summed E-state index contributed by atoms with van der Waals surface area (Å²) in [7, 11) is 0. The topological polar surface area (TPSA) is 75.3 Å². The fourth-order valence-electron chi connectivity index (χ4n) is 0.327. The summed E-state index contributed by atoms with van der Waals surface area (Å²) in [5.41, 5.74) is 1.90. The molecule has 4 nitrogen and oxygen atoms in total. The molecule has 1 atom stereocenters. The Hall–Kier alpha value is -0.610. The maximum Gasteiger partial charge on any atom is 0.236 e. The molecule has 0 aliphatic rings. The molecule has 0 saturated carbocycles. The second kappa shape index (κ2) is 3.40. The standard InChI is InChI=1S/C4H10N2O2/c1-3(7)2-4(8)6-5/h3,7H,2,5H2,1H3,(H,6,8)/t3-/m1/s1. The van der Waals surface area contributed by atoms with E-state index in [2.05, 4.69) is 0 Å². The number of nitrogens with one attached hydrogen (secondary N) is 1. The molecule has 4 N–H and O–H groups in total. The van der Waals surface area contributed by atoms with Crippen LogP contribution in [0.1, 0.15) is 13.3 Å². The normalized spacial score (nSPS) is 12.9. The minimum Gasteiger partial charge on any atom is -0.393 e. The zero-order valence-electron chi connectivity index (χ0n) is 4.72. The average molecular weight is 118 g/mol. The van der Waals surface area contributed by atoms with Crippen molar-refractivity contribution >= 4 is 5.91 Å². The summed E-state index contributed by atoms with van der Waals surface area (Å²) in [6.07, 6.45) is -0.546. The Balaban J connectivity index is 3.25. The van der Waals surface area contributed by atoms with Gasteiger partial charge in [0, 0.05) is 0 Å². The van der Waals surface area contributed by atoms with Gasteiger partial charge in [-0.3, -0.25) is 10.2 Å². The second-order valence-corrected chi connectivity index (χ2v) is 1.62. The molecule has 8 heavy (non-hydrogen) atoms. The van der Waals surface area contributed by atoms with Crippen molar-refractivity contribution in [3.8, 4) is 0 Å². The van der Waals surface area contributed by atoms with Crippen molar-refractivity contribution in [2.75, 3.05) is 0 Å². The highest BCUT2D eigenvalue weighted by Crippen LogP contribution is 1.85. The largest absolute Gasteiger partial charge is 0.393 e. The molecular weight excluding hydrogens is 108 g/mol. The average Bonchev–Trinajstić information content (AvgIpc) is 1.65. The first kappa shape index (κ1) is 7.39. The summed E-state index contributed by atoms with van der Waals surface area (Å²) in [6.45, 7) is 1.52. The van der Waals surface area contributed by atoms with E-state index in [0.29, 0.717) is 0 Å².